The number of hydrogen-bond donors (Lipinski definition) is 1. The Morgan fingerprint density at radius 1 is 1.42 bits per heavy atom. The van der Waals surface area contributed by atoms with Crippen LogP contribution in [0, 0.1) is 12.8 Å². The molecule has 19 heavy (non-hydrogen) atoms. The highest BCUT2D eigenvalue weighted by Crippen LogP contribution is 2.30. The highest BCUT2D eigenvalue weighted by atomic mass is 79.9. The van der Waals surface area contributed by atoms with Gasteiger partial charge in [0.1, 0.15) is 0 Å². The van der Waals surface area contributed by atoms with Crippen molar-refractivity contribution in [2.24, 2.45) is 5.92 Å². The van der Waals surface area contributed by atoms with Gasteiger partial charge < -0.3 is 9.84 Å². The number of hydrogen-bond acceptors (Lipinski definition) is 4. The molecule has 1 aliphatic heterocycles. The minimum absolute atomic E-state index is 0.190. The van der Waals surface area contributed by atoms with Crippen LogP contribution in [0.4, 0.5) is 0 Å². The molecular weight excluding hydrogens is 306 g/mol. The summed E-state index contributed by atoms with van der Waals surface area (Å²) in [5.41, 5.74) is 2.16. The molecule has 4 nitrogen and oxygen atoms in total. The third kappa shape index (κ3) is 2.44. The van der Waals surface area contributed by atoms with Gasteiger partial charge in [0.15, 0.2) is 0 Å². The third-order valence-electron chi connectivity index (χ3n) is 3.67. The number of nitrogens with zero attached hydrogens (tertiary/aromatic N) is 2. The zero-order valence-electron chi connectivity index (χ0n) is 11.0. The Bertz CT molecular complexity index is 596. The summed E-state index contributed by atoms with van der Waals surface area (Å²) >= 11 is 3.53. The van der Waals surface area contributed by atoms with Crippen LogP contribution in [0.15, 0.2) is 27.2 Å². The van der Waals surface area contributed by atoms with Crippen molar-refractivity contribution in [1.29, 1.82) is 0 Å². The molecule has 2 heterocycles. The molecule has 2 atom stereocenters. The maximum atomic E-state index is 5.40. The second kappa shape index (κ2) is 5.06. The topological polar surface area (TPSA) is 51.0 Å². The molecule has 1 fully saturated rings. The second-order valence-corrected chi connectivity index (χ2v) is 5.97. The smallest absolute Gasteiger partial charge is 0.244 e. The van der Waals surface area contributed by atoms with Gasteiger partial charge in [0.05, 0.1) is 6.04 Å². The van der Waals surface area contributed by atoms with Crippen LogP contribution in [0.25, 0.3) is 11.4 Å². The van der Waals surface area contributed by atoms with Crippen molar-refractivity contribution < 1.29 is 4.52 Å². The molecule has 1 aliphatic rings. The molecule has 3 rings (SSSR count). The van der Waals surface area contributed by atoms with Crippen molar-refractivity contribution >= 4 is 15.9 Å². The van der Waals surface area contributed by atoms with Crippen molar-refractivity contribution in [3.8, 4) is 11.4 Å². The number of halogens is 1. The van der Waals surface area contributed by atoms with E-state index in [1.165, 1.54) is 5.56 Å². The van der Waals surface area contributed by atoms with Gasteiger partial charge in [0.2, 0.25) is 11.7 Å². The summed E-state index contributed by atoms with van der Waals surface area (Å²) in [5, 5.41) is 7.49. The SMILES string of the molecule is Cc1ccc(-c2noc(C3NCCC3C)n2)cc1Br. The lowest BCUT2D eigenvalue weighted by Gasteiger charge is -2.09. The largest absolute Gasteiger partial charge is 0.337 e. The lowest BCUT2D eigenvalue weighted by atomic mass is 10.0. The molecule has 1 aromatic carbocycles. The lowest BCUT2D eigenvalue weighted by molar-refractivity contribution is 0.319. The second-order valence-electron chi connectivity index (χ2n) is 5.12. The van der Waals surface area contributed by atoms with E-state index in [2.05, 4.69) is 45.2 Å². The Morgan fingerprint density at radius 3 is 2.95 bits per heavy atom. The average molecular weight is 322 g/mol. The normalized spacial score (nSPS) is 22.9. The molecule has 0 aliphatic carbocycles. The summed E-state index contributed by atoms with van der Waals surface area (Å²) in [5.74, 6) is 1.88. The van der Waals surface area contributed by atoms with Crippen LogP contribution in [0.2, 0.25) is 0 Å². The van der Waals surface area contributed by atoms with Gasteiger partial charge in [-0.2, -0.15) is 4.98 Å². The summed E-state index contributed by atoms with van der Waals surface area (Å²) in [6.07, 6.45) is 1.15. The molecule has 1 saturated heterocycles. The molecule has 2 unspecified atom stereocenters. The van der Waals surface area contributed by atoms with Gasteiger partial charge in [0.25, 0.3) is 0 Å². The van der Waals surface area contributed by atoms with Crippen molar-refractivity contribution in [3.63, 3.8) is 0 Å². The Kier molecular flexibility index (Phi) is 3.41. The monoisotopic (exact) mass is 321 g/mol. The van der Waals surface area contributed by atoms with Gasteiger partial charge in [-0.05, 0) is 37.4 Å². The predicted molar refractivity (Wildman–Crippen MR) is 76.7 cm³/mol. The van der Waals surface area contributed by atoms with E-state index in [1.807, 2.05) is 18.2 Å². The number of benzene rings is 1. The molecule has 1 aromatic heterocycles. The highest BCUT2D eigenvalue weighted by molar-refractivity contribution is 9.10. The first-order chi connectivity index (χ1) is 9.15. The van der Waals surface area contributed by atoms with Crippen molar-refractivity contribution in [2.75, 3.05) is 6.54 Å². The summed E-state index contributed by atoms with van der Waals surface area (Å²) in [6.45, 7) is 5.27. The minimum atomic E-state index is 0.190. The highest BCUT2D eigenvalue weighted by Gasteiger charge is 2.29. The zero-order chi connectivity index (χ0) is 13.4. The van der Waals surface area contributed by atoms with Crippen LogP contribution in [0.1, 0.15) is 30.8 Å². The number of aryl methyl sites for hydroxylation is 1. The maximum absolute atomic E-state index is 5.40. The molecule has 0 bridgehead atoms. The van der Waals surface area contributed by atoms with Crippen LogP contribution < -0.4 is 5.32 Å². The van der Waals surface area contributed by atoms with Crippen LogP contribution in [0.3, 0.4) is 0 Å². The van der Waals surface area contributed by atoms with E-state index in [1.54, 1.807) is 0 Å². The number of nitrogens with one attached hydrogen (secondary N) is 1. The van der Waals surface area contributed by atoms with Gasteiger partial charge in [-0.1, -0.05) is 40.1 Å². The van der Waals surface area contributed by atoms with E-state index in [9.17, 15) is 0 Å². The Balaban J connectivity index is 1.90. The first-order valence-electron chi connectivity index (χ1n) is 6.48. The Hall–Kier alpha value is -1.20. The molecule has 0 spiro atoms. The molecule has 0 saturated carbocycles. The fourth-order valence-electron chi connectivity index (χ4n) is 2.38. The lowest BCUT2D eigenvalue weighted by Crippen LogP contribution is -2.16. The maximum Gasteiger partial charge on any atom is 0.244 e. The quantitative estimate of drug-likeness (QED) is 0.920. The van der Waals surface area contributed by atoms with Gasteiger partial charge in [0, 0.05) is 10.0 Å². The van der Waals surface area contributed by atoms with Crippen molar-refractivity contribution in [1.82, 2.24) is 15.5 Å². The minimum Gasteiger partial charge on any atom is -0.337 e. The van der Waals surface area contributed by atoms with Gasteiger partial charge in [-0.3, -0.25) is 0 Å². The molecule has 100 valence electrons. The van der Waals surface area contributed by atoms with Gasteiger partial charge in [-0.15, -0.1) is 0 Å². The number of aromatic nitrogens is 2. The zero-order valence-corrected chi connectivity index (χ0v) is 12.6. The van der Waals surface area contributed by atoms with Crippen LogP contribution in [-0.2, 0) is 0 Å². The fraction of sp³-hybridized carbons (Fsp3) is 0.429. The average Bonchev–Trinajstić information content (AvgIpc) is 3.01. The molecule has 5 heteroatoms. The van der Waals surface area contributed by atoms with Crippen LogP contribution in [0.5, 0.6) is 0 Å². The van der Waals surface area contributed by atoms with E-state index >= 15 is 0 Å². The molecule has 0 amide bonds. The van der Waals surface area contributed by atoms with E-state index in [4.69, 9.17) is 4.52 Å². The number of rotatable bonds is 2. The Labute approximate surface area is 120 Å². The summed E-state index contributed by atoms with van der Waals surface area (Å²) in [6, 6.07) is 6.27. The molecule has 0 radical (unpaired) electrons. The first kappa shape index (κ1) is 12.8. The molecule has 2 aromatic rings. The summed E-state index contributed by atoms with van der Waals surface area (Å²) < 4.78 is 6.46. The van der Waals surface area contributed by atoms with E-state index < -0.39 is 0 Å². The molecular formula is C14H16BrN3O. The van der Waals surface area contributed by atoms with E-state index in [0.717, 1.165) is 23.0 Å². The fourth-order valence-corrected chi connectivity index (χ4v) is 2.75. The third-order valence-corrected chi connectivity index (χ3v) is 4.53. The molecule has 1 N–H and O–H groups in total. The van der Waals surface area contributed by atoms with Crippen molar-refractivity contribution in [2.45, 2.75) is 26.3 Å². The van der Waals surface area contributed by atoms with Gasteiger partial charge in [-0.25, -0.2) is 0 Å². The standard InChI is InChI=1S/C14H16BrN3O/c1-8-3-4-10(7-11(8)15)13-17-14(19-18-13)12-9(2)5-6-16-12/h3-4,7,9,12,16H,5-6H2,1-2H3. The van der Waals surface area contributed by atoms with Crippen molar-refractivity contribution in [3.05, 3.63) is 34.1 Å². The summed E-state index contributed by atoms with van der Waals surface area (Å²) in [4.78, 5) is 4.52. The Morgan fingerprint density at radius 2 is 2.26 bits per heavy atom. The van der Waals surface area contributed by atoms with Gasteiger partial charge >= 0.3 is 0 Å². The summed E-state index contributed by atoms with van der Waals surface area (Å²) in [7, 11) is 0. The first-order valence-corrected chi connectivity index (χ1v) is 7.28. The van der Waals surface area contributed by atoms with Crippen LogP contribution in [-0.4, -0.2) is 16.7 Å². The van der Waals surface area contributed by atoms with Crippen LogP contribution >= 0.6 is 15.9 Å². The predicted octanol–water partition coefficient (Wildman–Crippen LogP) is 3.48. The van der Waals surface area contributed by atoms with E-state index in [0.29, 0.717) is 17.6 Å². The van der Waals surface area contributed by atoms with E-state index in [-0.39, 0.29) is 6.04 Å².